The largest absolute Gasteiger partial charge is 0.315 e. The smallest absolute Gasteiger partial charge is 0.0777 e. The average molecular weight is 943 g/mol. The Hall–Kier alpha value is -10.2. The van der Waals surface area contributed by atoms with Crippen LogP contribution in [0.15, 0.2) is 231 Å². The summed E-state index contributed by atoms with van der Waals surface area (Å²) in [4.78, 5) is 0. The third-order valence-electron chi connectivity index (χ3n) is 16.9. The van der Waals surface area contributed by atoms with E-state index in [0.29, 0.717) is 0 Å². The lowest BCUT2D eigenvalue weighted by Gasteiger charge is -2.14. The zero-order valence-corrected chi connectivity index (χ0v) is 39.5. The molecular formula is C66H38N8. The molecule has 18 bridgehead atoms. The summed E-state index contributed by atoms with van der Waals surface area (Å²) in [6.45, 7) is 0. The van der Waals surface area contributed by atoms with Gasteiger partial charge in [-0.05, 0) is 158 Å². The highest BCUT2D eigenvalue weighted by Gasteiger charge is 2.20. The van der Waals surface area contributed by atoms with E-state index in [2.05, 4.69) is 267 Å². The minimum absolute atomic E-state index is 1.11. The lowest BCUT2D eigenvalue weighted by atomic mass is 10.1. The van der Waals surface area contributed by atoms with Crippen molar-refractivity contribution in [1.29, 1.82) is 0 Å². The summed E-state index contributed by atoms with van der Waals surface area (Å²) >= 11 is 0. The van der Waals surface area contributed by atoms with Crippen LogP contribution in [0.4, 0.5) is 0 Å². The summed E-state index contributed by atoms with van der Waals surface area (Å²) in [5, 5.41) is 11.9. The van der Waals surface area contributed by atoms with Crippen LogP contribution >= 0.6 is 0 Å². The first kappa shape index (κ1) is 37.6. The van der Waals surface area contributed by atoms with Gasteiger partial charge in [-0.15, -0.1) is 0 Å². The molecule has 14 aliphatic heterocycles. The predicted molar refractivity (Wildman–Crippen MR) is 305 cm³/mol. The van der Waals surface area contributed by atoms with Crippen LogP contribution in [0.2, 0.25) is 0 Å². The molecule has 8 heteroatoms. The highest BCUT2D eigenvalue weighted by molar-refractivity contribution is 6.15. The Kier molecular flexibility index (Phi) is 6.62. The Labute approximate surface area is 419 Å². The van der Waals surface area contributed by atoms with Gasteiger partial charge in [0.05, 0.1) is 55.2 Å². The molecular weight excluding hydrogens is 905 g/mol. The van der Waals surface area contributed by atoms with Gasteiger partial charge in [0.2, 0.25) is 0 Å². The summed E-state index contributed by atoms with van der Waals surface area (Å²) in [5.41, 5.74) is 20.6. The van der Waals surface area contributed by atoms with Gasteiger partial charge < -0.3 is 35.9 Å². The molecule has 9 aromatic heterocycles. The van der Waals surface area contributed by atoms with E-state index >= 15 is 0 Å². The molecule has 23 heterocycles. The molecule has 0 radical (unpaired) electrons. The fourth-order valence-corrected chi connectivity index (χ4v) is 13.5. The van der Waals surface area contributed by atoms with Crippen molar-refractivity contribution in [3.63, 3.8) is 0 Å². The standard InChI is InChI=1S/C66H38N8/c1-2-40-24-30-68-46-9-13-48(14-10-46)74-59-21-17-51-37-55(59)56-38-52(18-22-60(56)74)72-34-28-44-6-4-42-26-32-70(64(42)66(44)72)50-16-20-58-54(36-50)53-35-49(69-31-25-41-3-5-43-27-33-71(51)65(43)63(41)69)15-19-57(53)73(58)47-11-7-45(8-12-47)67-29-23-39(1)61(67)62(40)68/h1-38H. The van der Waals surface area contributed by atoms with Crippen LogP contribution in [-0.4, -0.2) is 35.9 Å². The van der Waals surface area contributed by atoms with Crippen LogP contribution in [-0.2, 0) is 0 Å². The Balaban J connectivity index is 1.06. The number of aromatic nitrogens is 8. The molecule has 0 aliphatic carbocycles. The molecule has 0 saturated heterocycles. The van der Waals surface area contributed by atoms with Crippen molar-refractivity contribution < 1.29 is 0 Å². The summed E-state index contributed by atoms with van der Waals surface area (Å²) in [7, 11) is 0. The van der Waals surface area contributed by atoms with Crippen LogP contribution in [0, 0.1) is 0 Å². The number of benzene rings is 9. The molecule has 0 N–H and O–H groups in total. The number of hydrogen-bond donors (Lipinski definition) is 0. The highest BCUT2D eigenvalue weighted by atomic mass is 15.0. The van der Waals surface area contributed by atoms with Crippen molar-refractivity contribution in [2.45, 2.75) is 0 Å². The normalized spacial score (nSPS) is 12.9. The summed E-state index contributed by atoms with van der Waals surface area (Å²) in [6.07, 6.45) is 13.4. The summed E-state index contributed by atoms with van der Waals surface area (Å²) in [5.74, 6) is 0. The van der Waals surface area contributed by atoms with E-state index in [1.165, 1.54) is 87.0 Å². The third kappa shape index (κ3) is 4.61. The van der Waals surface area contributed by atoms with E-state index in [-0.39, 0.29) is 0 Å². The van der Waals surface area contributed by atoms with Gasteiger partial charge in [0.25, 0.3) is 0 Å². The van der Waals surface area contributed by atoms with Gasteiger partial charge in [-0.3, -0.25) is 0 Å². The number of hydrogen-bond acceptors (Lipinski definition) is 0. The van der Waals surface area contributed by atoms with Gasteiger partial charge in [-0.25, -0.2) is 0 Å². The SMILES string of the molecule is c1cc2ccc1-n1ccc3ccc4ccn(c4c31)-c1ccc(cc1)-n1c3ccc4cc3c3cc(ccc31)n1ccc3ccc5ccn(c6ccc7c(c6)c6cc(ccc6n7-2)n2ccc6ccc7ccn4c7c62)c5c31. The average Bonchev–Trinajstić information content (AvgIpc) is 4.32. The van der Waals surface area contributed by atoms with E-state index in [4.69, 9.17) is 0 Å². The molecule has 18 aromatic rings. The molecule has 342 valence electrons. The van der Waals surface area contributed by atoms with Gasteiger partial charge in [0, 0.05) is 136 Å². The van der Waals surface area contributed by atoms with Gasteiger partial charge >= 0.3 is 0 Å². The van der Waals surface area contributed by atoms with Gasteiger partial charge in [0.15, 0.2) is 0 Å². The molecule has 0 amide bonds. The van der Waals surface area contributed by atoms with Crippen molar-refractivity contribution in [1.82, 2.24) is 35.9 Å². The first-order chi connectivity index (χ1) is 36.6. The first-order valence-corrected chi connectivity index (χ1v) is 25.4. The molecule has 0 fully saturated rings. The molecule has 0 unspecified atom stereocenters. The van der Waals surface area contributed by atoms with E-state index in [1.807, 2.05) is 0 Å². The maximum absolute atomic E-state index is 2.45. The summed E-state index contributed by atoms with van der Waals surface area (Å²) < 4.78 is 19.2. The molecule has 74 heavy (non-hydrogen) atoms. The quantitative estimate of drug-likeness (QED) is 0.145. The molecule has 14 aliphatic rings. The van der Waals surface area contributed by atoms with Crippen molar-refractivity contribution >= 4 is 131 Å². The topological polar surface area (TPSA) is 37.4 Å². The van der Waals surface area contributed by atoms with E-state index < -0.39 is 0 Å². The molecule has 32 rings (SSSR count). The van der Waals surface area contributed by atoms with Crippen LogP contribution in [0.25, 0.3) is 154 Å². The predicted octanol–water partition coefficient (Wildman–Crippen LogP) is 16.3. The van der Waals surface area contributed by atoms with Gasteiger partial charge in [-0.1, -0.05) is 36.4 Å². The van der Waals surface area contributed by atoms with E-state index in [0.717, 1.165) is 66.9 Å². The second-order valence-electron chi connectivity index (χ2n) is 20.4. The Morgan fingerprint density at radius 3 is 0.757 bits per heavy atom. The van der Waals surface area contributed by atoms with Crippen LogP contribution < -0.4 is 0 Å². The third-order valence-corrected chi connectivity index (χ3v) is 16.9. The lowest BCUT2D eigenvalue weighted by Crippen LogP contribution is -1.99. The molecule has 0 atom stereocenters. The second kappa shape index (κ2) is 13.0. The minimum Gasteiger partial charge on any atom is -0.315 e. The molecule has 9 aromatic carbocycles. The Bertz CT molecular complexity index is 5010. The maximum Gasteiger partial charge on any atom is 0.0777 e. The van der Waals surface area contributed by atoms with Crippen LogP contribution in [0.1, 0.15) is 0 Å². The molecule has 8 nitrogen and oxygen atoms in total. The summed E-state index contributed by atoms with van der Waals surface area (Å²) in [6, 6.07) is 73.5. The Morgan fingerprint density at radius 2 is 0.459 bits per heavy atom. The second-order valence-corrected chi connectivity index (χ2v) is 20.4. The molecule has 0 saturated carbocycles. The number of nitrogens with zero attached hydrogens (tertiary/aromatic N) is 8. The van der Waals surface area contributed by atoms with Crippen molar-refractivity contribution in [2.24, 2.45) is 0 Å². The van der Waals surface area contributed by atoms with E-state index in [1.54, 1.807) is 0 Å². The van der Waals surface area contributed by atoms with Crippen molar-refractivity contribution in [3.8, 4) is 22.7 Å². The maximum atomic E-state index is 2.45. The van der Waals surface area contributed by atoms with Gasteiger partial charge in [-0.2, -0.15) is 0 Å². The van der Waals surface area contributed by atoms with Crippen molar-refractivity contribution in [2.75, 3.05) is 0 Å². The fourth-order valence-electron chi connectivity index (χ4n) is 13.5. The van der Waals surface area contributed by atoms with Crippen LogP contribution in [0.3, 0.4) is 0 Å². The first-order valence-electron chi connectivity index (χ1n) is 25.4. The molecule has 0 spiro atoms. The minimum atomic E-state index is 1.11. The zero-order valence-electron chi connectivity index (χ0n) is 39.5. The number of rotatable bonds is 0. The van der Waals surface area contributed by atoms with Crippen LogP contribution in [0.5, 0.6) is 0 Å². The van der Waals surface area contributed by atoms with Gasteiger partial charge in [0.1, 0.15) is 0 Å². The zero-order chi connectivity index (χ0) is 47.7. The monoisotopic (exact) mass is 942 g/mol. The van der Waals surface area contributed by atoms with Crippen molar-refractivity contribution in [3.05, 3.63) is 231 Å². The van der Waals surface area contributed by atoms with E-state index in [9.17, 15) is 0 Å². The fraction of sp³-hybridized carbons (Fsp3) is 0. The lowest BCUT2D eigenvalue weighted by molar-refractivity contribution is 1.09. The highest BCUT2D eigenvalue weighted by Crippen LogP contribution is 2.40. The Morgan fingerprint density at radius 1 is 0.203 bits per heavy atom.